The average molecular weight is 526 g/mol. The summed E-state index contributed by atoms with van der Waals surface area (Å²) in [5.74, 6) is 1.32. The van der Waals surface area contributed by atoms with E-state index in [0.717, 1.165) is 75.0 Å². The van der Waals surface area contributed by atoms with Crippen molar-refractivity contribution >= 4 is 33.4 Å². The van der Waals surface area contributed by atoms with E-state index in [-0.39, 0.29) is 5.13 Å². The number of nitrogens with one attached hydrogen (secondary N) is 2. The van der Waals surface area contributed by atoms with E-state index >= 15 is 0 Å². The van der Waals surface area contributed by atoms with Crippen LogP contribution in [0.4, 0.5) is 4.39 Å². The number of H-pyrrole nitrogens is 2. The number of thiophene rings is 1. The van der Waals surface area contributed by atoms with Gasteiger partial charge in [0.2, 0.25) is 0 Å². The summed E-state index contributed by atoms with van der Waals surface area (Å²) in [6.07, 6.45) is 6.06. The molecule has 0 unspecified atom stereocenters. The molecule has 1 aliphatic heterocycles. The van der Waals surface area contributed by atoms with Gasteiger partial charge in [-0.2, -0.15) is 9.49 Å². The highest BCUT2D eigenvalue weighted by Gasteiger charge is 2.18. The lowest BCUT2D eigenvalue weighted by molar-refractivity contribution is 0.237. The summed E-state index contributed by atoms with van der Waals surface area (Å²) in [5, 5.41) is 7.35. The lowest BCUT2D eigenvalue weighted by Crippen LogP contribution is -2.25. The van der Waals surface area contributed by atoms with Crippen molar-refractivity contribution in [3.8, 4) is 39.0 Å². The maximum atomic E-state index is 13.7. The van der Waals surface area contributed by atoms with Gasteiger partial charge in [0.1, 0.15) is 17.9 Å². The van der Waals surface area contributed by atoms with Gasteiger partial charge in [-0.05, 0) is 62.3 Å². The monoisotopic (exact) mass is 525 g/mol. The first-order valence-corrected chi connectivity index (χ1v) is 13.4. The average Bonchev–Trinajstić information content (AvgIpc) is 3.74. The van der Waals surface area contributed by atoms with Crippen molar-refractivity contribution in [1.82, 2.24) is 35.0 Å². The van der Waals surface area contributed by atoms with Crippen molar-refractivity contribution in [3.05, 3.63) is 66.1 Å². The maximum absolute atomic E-state index is 13.7. The Labute approximate surface area is 221 Å². The first-order valence-electron chi connectivity index (χ1n) is 12.6. The van der Waals surface area contributed by atoms with Crippen LogP contribution in [0.2, 0.25) is 0 Å². The maximum Gasteiger partial charge on any atom is 0.176 e. The lowest BCUT2D eigenvalue weighted by Gasteiger charge is -2.15. The zero-order valence-corrected chi connectivity index (χ0v) is 21.3. The normalized spacial score (nSPS) is 14.1. The number of hydrogen-bond donors (Lipinski definition) is 2. The van der Waals surface area contributed by atoms with Gasteiger partial charge < -0.3 is 9.72 Å². The van der Waals surface area contributed by atoms with Crippen molar-refractivity contribution in [1.29, 1.82) is 0 Å². The van der Waals surface area contributed by atoms with E-state index in [1.807, 2.05) is 36.4 Å². The SMILES string of the molecule is Fc1ccc(-c2cccc3[nH]c(-c4n[nH]c5ccc(-c6cncc(OCCN7CCCC7)c6)nc45)nc23)s1. The predicted octanol–water partition coefficient (Wildman–Crippen LogP) is 5.91. The minimum absolute atomic E-state index is 0.224. The minimum atomic E-state index is -0.224. The van der Waals surface area contributed by atoms with Crippen LogP contribution in [0.15, 0.2) is 60.9 Å². The number of benzene rings is 1. The lowest BCUT2D eigenvalue weighted by atomic mass is 10.1. The Balaban J connectivity index is 1.20. The van der Waals surface area contributed by atoms with Gasteiger partial charge in [0.25, 0.3) is 0 Å². The van der Waals surface area contributed by atoms with Crippen LogP contribution >= 0.6 is 11.3 Å². The summed E-state index contributed by atoms with van der Waals surface area (Å²) in [5.41, 5.74) is 6.24. The van der Waals surface area contributed by atoms with Gasteiger partial charge in [0, 0.05) is 28.7 Å². The molecule has 10 heteroatoms. The number of fused-ring (bicyclic) bond motifs is 2. The van der Waals surface area contributed by atoms with Crippen LogP contribution in [0.5, 0.6) is 5.75 Å². The molecule has 1 aromatic carbocycles. The second-order valence-electron chi connectivity index (χ2n) is 9.36. The Morgan fingerprint density at radius 3 is 2.76 bits per heavy atom. The molecule has 0 radical (unpaired) electrons. The molecule has 7 rings (SSSR count). The fourth-order valence-electron chi connectivity index (χ4n) is 4.96. The molecule has 5 aromatic heterocycles. The third-order valence-electron chi connectivity index (χ3n) is 6.87. The number of nitrogens with zero attached hydrogens (tertiary/aromatic N) is 5. The molecule has 0 bridgehead atoms. The number of imidazole rings is 1. The molecule has 190 valence electrons. The minimum Gasteiger partial charge on any atom is -0.491 e. The highest BCUT2D eigenvalue weighted by atomic mass is 32.1. The molecular weight excluding hydrogens is 501 g/mol. The van der Waals surface area contributed by atoms with E-state index in [1.54, 1.807) is 18.5 Å². The number of para-hydroxylation sites is 1. The largest absolute Gasteiger partial charge is 0.491 e. The van der Waals surface area contributed by atoms with Crippen LogP contribution in [-0.2, 0) is 0 Å². The zero-order chi connectivity index (χ0) is 25.5. The number of pyridine rings is 2. The second kappa shape index (κ2) is 9.62. The van der Waals surface area contributed by atoms with Crippen LogP contribution in [0.1, 0.15) is 12.8 Å². The fraction of sp³-hybridized carbons (Fsp3) is 0.214. The van der Waals surface area contributed by atoms with Gasteiger partial charge in [-0.3, -0.25) is 15.0 Å². The van der Waals surface area contributed by atoms with Crippen molar-refractivity contribution in [2.24, 2.45) is 0 Å². The van der Waals surface area contributed by atoms with Crippen molar-refractivity contribution in [2.75, 3.05) is 26.2 Å². The van der Waals surface area contributed by atoms with Crippen molar-refractivity contribution < 1.29 is 9.13 Å². The quantitative estimate of drug-likeness (QED) is 0.269. The number of hydrogen-bond acceptors (Lipinski definition) is 7. The van der Waals surface area contributed by atoms with Gasteiger partial charge in [0.15, 0.2) is 16.6 Å². The number of likely N-dealkylation sites (tertiary alicyclic amines) is 1. The topological polar surface area (TPSA) is 95.6 Å². The Morgan fingerprint density at radius 1 is 0.974 bits per heavy atom. The van der Waals surface area contributed by atoms with Crippen LogP contribution in [-0.4, -0.2) is 61.3 Å². The number of rotatable bonds is 7. The van der Waals surface area contributed by atoms with E-state index in [2.05, 4.69) is 25.1 Å². The van der Waals surface area contributed by atoms with Crippen LogP contribution < -0.4 is 4.74 Å². The number of halogens is 1. The summed E-state index contributed by atoms with van der Waals surface area (Å²) >= 11 is 1.10. The molecule has 6 heterocycles. The summed E-state index contributed by atoms with van der Waals surface area (Å²) < 4.78 is 19.7. The molecule has 1 aliphatic rings. The van der Waals surface area contributed by atoms with Crippen LogP contribution in [0.25, 0.3) is 55.3 Å². The van der Waals surface area contributed by atoms with Gasteiger partial charge in [-0.1, -0.05) is 12.1 Å². The van der Waals surface area contributed by atoms with Gasteiger partial charge >= 0.3 is 0 Å². The van der Waals surface area contributed by atoms with Crippen LogP contribution in [0, 0.1) is 5.13 Å². The Bertz CT molecular complexity index is 1750. The number of ether oxygens (including phenoxy) is 1. The highest BCUT2D eigenvalue weighted by Crippen LogP contribution is 2.34. The fourth-order valence-corrected chi connectivity index (χ4v) is 5.72. The number of aromatic amines is 2. The Hall–Kier alpha value is -4.15. The molecule has 1 saturated heterocycles. The molecule has 0 saturated carbocycles. The smallest absolute Gasteiger partial charge is 0.176 e. The van der Waals surface area contributed by atoms with Gasteiger partial charge in [0.05, 0.1) is 28.4 Å². The Morgan fingerprint density at radius 2 is 1.89 bits per heavy atom. The van der Waals surface area contributed by atoms with E-state index < -0.39 is 0 Å². The first-order chi connectivity index (χ1) is 18.7. The third kappa shape index (κ3) is 4.31. The van der Waals surface area contributed by atoms with E-state index in [4.69, 9.17) is 14.7 Å². The standard InChI is InChI=1S/C28H24FN7OS/c29-24-9-8-23(38-24)19-4-3-5-21-25(19)33-28(32-21)27-26-22(34-35-27)7-6-20(31-26)17-14-18(16-30-15-17)37-13-12-36-10-1-2-11-36/h3-9,14-16H,1-2,10-13H2,(H,32,33)(H,34,35). The molecule has 0 spiro atoms. The zero-order valence-electron chi connectivity index (χ0n) is 20.4. The Kier molecular flexibility index (Phi) is 5.82. The second-order valence-corrected chi connectivity index (χ2v) is 10.4. The van der Waals surface area contributed by atoms with Gasteiger partial charge in [-0.15, -0.1) is 11.3 Å². The molecule has 6 aromatic rings. The van der Waals surface area contributed by atoms with Crippen molar-refractivity contribution in [2.45, 2.75) is 12.8 Å². The first kappa shape index (κ1) is 23.0. The molecule has 8 nitrogen and oxygen atoms in total. The third-order valence-corrected chi connectivity index (χ3v) is 7.77. The van der Waals surface area contributed by atoms with Crippen molar-refractivity contribution in [3.63, 3.8) is 0 Å². The molecule has 2 N–H and O–H groups in total. The van der Waals surface area contributed by atoms with Crippen LogP contribution in [0.3, 0.4) is 0 Å². The molecule has 0 atom stereocenters. The summed E-state index contributed by atoms with van der Waals surface area (Å²) in [6, 6.07) is 15.0. The predicted molar refractivity (Wildman–Crippen MR) is 147 cm³/mol. The summed E-state index contributed by atoms with van der Waals surface area (Å²) in [6.45, 7) is 3.86. The van der Waals surface area contributed by atoms with E-state index in [9.17, 15) is 4.39 Å². The molecular formula is C28H24FN7OS. The van der Waals surface area contributed by atoms with E-state index in [1.165, 1.54) is 18.9 Å². The molecule has 0 amide bonds. The molecule has 0 aliphatic carbocycles. The van der Waals surface area contributed by atoms with E-state index in [0.29, 0.717) is 23.6 Å². The molecule has 38 heavy (non-hydrogen) atoms. The summed E-state index contributed by atoms with van der Waals surface area (Å²) in [4.78, 5) is 20.8. The number of aromatic nitrogens is 6. The van der Waals surface area contributed by atoms with Gasteiger partial charge in [-0.25, -0.2) is 9.97 Å². The summed E-state index contributed by atoms with van der Waals surface area (Å²) in [7, 11) is 0. The molecule has 1 fully saturated rings. The highest BCUT2D eigenvalue weighted by molar-refractivity contribution is 7.14.